The number of thioether (sulfide) groups is 1. The molecule has 17 heavy (non-hydrogen) atoms. The first-order chi connectivity index (χ1) is 8.11. The molecular weight excluding hydrogens is 245 g/mol. The lowest BCUT2D eigenvalue weighted by Crippen LogP contribution is -1.88. The second-order valence-electron chi connectivity index (χ2n) is 3.44. The molecule has 0 amide bonds. The molecule has 0 saturated heterocycles. The first kappa shape index (κ1) is 19.0. The van der Waals surface area contributed by atoms with Crippen LogP contribution in [0, 0.1) is 5.41 Å². The average Bonchev–Trinajstić information content (AvgIpc) is 2.30. The van der Waals surface area contributed by atoms with E-state index in [1.165, 1.54) is 10.5 Å². The summed E-state index contributed by atoms with van der Waals surface area (Å²) >= 11 is 1.56. The summed E-state index contributed by atoms with van der Waals surface area (Å²) in [5.74, 6) is 0. The lowest BCUT2D eigenvalue weighted by atomic mass is 10.1. The molecule has 0 aliphatic heterocycles. The fourth-order valence-corrected chi connectivity index (χ4v) is 1.98. The maximum Gasteiger partial charge on any atom is 0.0655 e. The van der Waals surface area contributed by atoms with Crippen LogP contribution in [0.15, 0.2) is 35.3 Å². The van der Waals surface area contributed by atoms with Crippen LogP contribution in [0.3, 0.4) is 0 Å². The Hall–Kier alpha value is -0.330. The van der Waals surface area contributed by atoms with Gasteiger partial charge in [-0.05, 0) is 38.0 Å². The molecule has 0 bridgehead atoms. The fourth-order valence-electron chi connectivity index (χ4n) is 1.18. The third-order valence-corrected chi connectivity index (χ3v) is 2.98. The van der Waals surface area contributed by atoms with Gasteiger partial charge in [-0.3, -0.25) is 5.41 Å². The monoisotopic (exact) mass is 271 g/mol. The number of nitrogens with one attached hydrogen (secondary N) is 1. The summed E-state index contributed by atoms with van der Waals surface area (Å²) in [6, 6.07) is 0. The van der Waals surface area contributed by atoms with Crippen LogP contribution < -0.4 is 0 Å². The summed E-state index contributed by atoms with van der Waals surface area (Å²) in [5.41, 5.74) is 1.32. The molecule has 1 unspecified atom stereocenters. The maximum absolute atomic E-state index is 7.51. The first-order valence-corrected chi connectivity index (χ1v) is 7.84. The van der Waals surface area contributed by atoms with Crippen molar-refractivity contribution in [3.05, 3.63) is 35.3 Å². The predicted octanol–water partition coefficient (Wildman–Crippen LogP) is 5.41. The molecule has 1 atom stereocenters. The first-order valence-electron chi connectivity index (χ1n) is 5.87. The zero-order valence-electron chi connectivity index (χ0n) is 11.5. The number of hydrogen-bond donors (Lipinski definition) is 1. The van der Waals surface area contributed by atoms with Crippen molar-refractivity contribution in [3.63, 3.8) is 0 Å². The molecule has 1 N–H and O–H groups in total. The number of allylic oxidation sites excluding steroid dienone is 5. The highest BCUT2D eigenvalue weighted by Crippen LogP contribution is 2.26. The molecular formula is C14H26NPS. The van der Waals surface area contributed by atoms with Gasteiger partial charge < -0.3 is 0 Å². The quantitative estimate of drug-likeness (QED) is 0.297. The van der Waals surface area contributed by atoms with Gasteiger partial charge in [0.15, 0.2) is 0 Å². The SMILES string of the molecule is C=CC/C(C)=C(\CC=CCC)SC(C)=N.CP. The van der Waals surface area contributed by atoms with Crippen LogP contribution in [0.25, 0.3) is 0 Å². The Labute approximate surface area is 114 Å². The molecule has 0 aromatic carbocycles. The van der Waals surface area contributed by atoms with Gasteiger partial charge in [0.1, 0.15) is 0 Å². The molecule has 0 rings (SSSR count). The Morgan fingerprint density at radius 1 is 1.24 bits per heavy atom. The molecule has 1 nitrogen and oxygen atoms in total. The van der Waals surface area contributed by atoms with Crippen molar-refractivity contribution in [2.75, 3.05) is 6.66 Å². The minimum absolute atomic E-state index is 0.651. The van der Waals surface area contributed by atoms with E-state index in [1.807, 2.05) is 19.7 Å². The predicted molar refractivity (Wildman–Crippen MR) is 88.2 cm³/mol. The molecule has 0 aliphatic carbocycles. The van der Waals surface area contributed by atoms with Gasteiger partial charge in [-0.15, -0.1) is 15.8 Å². The summed E-state index contributed by atoms with van der Waals surface area (Å²) in [6.07, 6.45) is 9.18. The molecule has 3 heteroatoms. The molecule has 0 radical (unpaired) electrons. The van der Waals surface area contributed by atoms with Crippen molar-refractivity contribution >= 4 is 26.0 Å². The van der Waals surface area contributed by atoms with E-state index in [0.717, 1.165) is 19.3 Å². The van der Waals surface area contributed by atoms with Gasteiger partial charge in [-0.2, -0.15) is 0 Å². The highest BCUT2D eigenvalue weighted by molar-refractivity contribution is 8.17. The van der Waals surface area contributed by atoms with E-state index in [4.69, 9.17) is 5.41 Å². The van der Waals surface area contributed by atoms with Gasteiger partial charge in [0, 0.05) is 0 Å². The van der Waals surface area contributed by atoms with E-state index in [-0.39, 0.29) is 0 Å². The van der Waals surface area contributed by atoms with Gasteiger partial charge >= 0.3 is 0 Å². The molecule has 0 saturated carbocycles. The van der Waals surface area contributed by atoms with E-state index in [0.29, 0.717) is 5.04 Å². The Morgan fingerprint density at radius 2 is 1.82 bits per heavy atom. The van der Waals surface area contributed by atoms with Crippen molar-refractivity contribution in [3.8, 4) is 0 Å². The lowest BCUT2D eigenvalue weighted by Gasteiger charge is -2.07. The maximum atomic E-state index is 7.51. The molecule has 0 aromatic rings. The molecule has 0 spiro atoms. The van der Waals surface area contributed by atoms with Crippen molar-refractivity contribution in [2.24, 2.45) is 0 Å². The highest BCUT2D eigenvalue weighted by Gasteiger charge is 2.02. The highest BCUT2D eigenvalue weighted by atomic mass is 32.2. The van der Waals surface area contributed by atoms with Crippen LogP contribution in [0.5, 0.6) is 0 Å². The Kier molecular flexibility index (Phi) is 15.4. The van der Waals surface area contributed by atoms with Crippen LogP contribution in [-0.4, -0.2) is 11.7 Å². The standard InChI is InChI=1S/C13H21NS.CH5P/c1-5-7-8-10-13(15-12(4)14)11(3)9-6-2;1-2/h6-8,14H,2,5,9-10H2,1,3-4H3;2H2,1H3/b8-7?,13-11+,14-12?;. The zero-order chi connectivity index (χ0) is 13.7. The van der Waals surface area contributed by atoms with E-state index >= 15 is 0 Å². The van der Waals surface area contributed by atoms with Gasteiger partial charge in [-0.1, -0.05) is 49.2 Å². The Morgan fingerprint density at radius 3 is 2.24 bits per heavy atom. The minimum atomic E-state index is 0.651. The zero-order valence-corrected chi connectivity index (χ0v) is 13.5. The van der Waals surface area contributed by atoms with Crippen molar-refractivity contribution in [2.45, 2.75) is 40.0 Å². The molecule has 0 aromatic heterocycles. The van der Waals surface area contributed by atoms with Crippen molar-refractivity contribution < 1.29 is 0 Å². The summed E-state index contributed by atoms with van der Waals surface area (Å²) in [5, 5.41) is 8.16. The van der Waals surface area contributed by atoms with E-state index < -0.39 is 0 Å². The van der Waals surface area contributed by atoms with Crippen LogP contribution in [0.2, 0.25) is 0 Å². The van der Waals surface area contributed by atoms with Crippen LogP contribution in [0.1, 0.15) is 40.0 Å². The van der Waals surface area contributed by atoms with Crippen LogP contribution in [0.4, 0.5) is 0 Å². The average molecular weight is 271 g/mol. The van der Waals surface area contributed by atoms with Crippen LogP contribution in [-0.2, 0) is 0 Å². The van der Waals surface area contributed by atoms with Crippen molar-refractivity contribution in [1.29, 1.82) is 5.41 Å². The summed E-state index contributed by atoms with van der Waals surface area (Å²) in [6.45, 7) is 11.7. The second kappa shape index (κ2) is 13.7. The van der Waals surface area contributed by atoms with Gasteiger partial charge in [0.05, 0.1) is 5.04 Å². The number of hydrogen-bond acceptors (Lipinski definition) is 2. The molecule has 0 aliphatic rings. The minimum Gasteiger partial charge on any atom is -0.298 e. The Balaban J connectivity index is 0. The van der Waals surface area contributed by atoms with Gasteiger partial charge in [-0.25, -0.2) is 0 Å². The van der Waals surface area contributed by atoms with Gasteiger partial charge in [0.25, 0.3) is 0 Å². The van der Waals surface area contributed by atoms with Crippen LogP contribution >= 0.6 is 21.0 Å². The van der Waals surface area contributed by atoms with E-state index in [9.17, 15) is 0 Å². The molecule has 0 heterocycles. The second-order valence-corrected chi connectivity index (χ2v) is 4.75. The van der Waals surface area contributed by atoms with E-state index in [1.54, 1.807) is 11.8 Å². The normalized spacial score (nSPS) is 11.6. The van der Waals surface area contributed by atoms with E-state index in [2.05, 4.69) is 41.8 Å². The summed E-state index contributed by atoms with van der Waals surface area (Å²) in [4.78, 5) is 1.28. The topological polar surface area (TPSA) is 23.9 Å². The fraction of sp³-hybridized carbons (Fsp3) is 0.500. The number of rotatable bonds is 6. The summed E-state index contributed by atoms with van der Waals surface area (Å²) in [7, 11) is 2.42. The lowest BCUT2D eigenvalue weighted by molar-refractivity contribution is 1.14. The Bertz CT molecular complexity index is 280. The smallest absolute Gasteiger partial charge is 0.0655 e. The van der Waals surface area contributed by atoms with Gasteiger partial charge in [0.2, 0.25) is 0 Å². The molecule has 98 valence electrons. The molecule has 0 fully saturated rings. The third kappa shape index (κ3) is 11.9. The third-order valence-electron chi connectivity index (χ3n) is 1.91. The largest absolute Gasteiger partial charge is 0.298 e. The van der Waals surface area contributed by atoms with Crippen molar-refractivity contribution in [1.82, 2.24) is 0 Å². The summed E-state index contributed by atoms with van der Waals surface area (Å²) < 4.78 is 0.